The number of rotatable bonds is 5. The number of benzene rings is 2. The zero-order valence-electron chi connectivity index (χ0n) is 13.0. The van der Waals surface area contributed by atoms with Crippen molar-refractivity contribution in [3.63, 3.8) is 0 Å². The van der Waals surface area contributed by atoms with E-state index in [2.05, 4.69) is 5.32 Å². The minimum absolute atomic E-state index is 0.0757. The van der Waals surface area contributed by atoms with Crippen LogP contribution in [0.1, 0.15) is 26.3 Å². The number of carboxylic acid groups (broad SMARTS) is 1. The first-order chi connectivity index (χ1) is 10.9. The van der Waals surface area contributed by atoms with E-state index in [1.165, 1.54) is 38.5 Å². The molecule has 0 aliphatic rings. The van der Waals surface area contributed by atoms with Gasteiger partial charge in [-0.05, 0) is 31.2 Å². The number of hydrogen-bond acceptors (Lipinski definition) is 5. The van der Waals surface area contributed by atoms with Crippen molar-refractivity contribution in [2.45, 2.75) is 6.92 Å². The number of aryl methyl sites for hydroxylation is 1. The van der Waals surface area contributed by atoms with Crippen molar-refractivity contribution in [3.05, 3.63) is 53.1 Å². The first-order valence-electron chi connectivity index (χ1n) is 6.81. The van der Waals surface area contributed by atoms with E-state index in [1.807, 2.05) is 0 Å². The van der Waals surface area contributed by atoms with Gasteiger partial charge in [0, 0.05) is 17.2 Å². The third-order valence-corrected chi connectivity index (χ3v) is 3.26. The molecule has 0 radical (unpaired) electrons. The van der Waals surface area contributed by atoms with Crippen LogP contribution in [0.5, 0.6) is 11.5 Å². The SMILES string of the molecule is COc1cc(OC)cc(C(=O)Nc2ccc(C)cc2C(=O)[O-])c1. The number of anilines is 1. The lowest BCUT2D eigenvalue weighted by atomic mass is 10.1. The highest BCUT2D eigenvalue weighted by Crippen LogP contribution is 2.24. The summed E-state index contributed by atoms with van der Waals surface area (Å²) >= 11 is 0. The molecule has 6 nitrogen and oxygen atoms in total. The Morgan fingerprint density at radius 1 is 1.00 bits per heavy atom. The van der Waals surface area contributed by atoms with Crippen LogP contribution in [0.15, 0.2) is 36.4 Å². The lowest BCUT2D eigenvalue weighted by Crippen LogP contribution is -2.25. The van der Waals surface area contributed by atoms with Gasteiger partial charge in [-0.15, -0.1) is 0 Å². The van der Waals surface area contributed by atoms with Gasteiger partial charge in [0.2, 0.25) is 0 Å². The number of carbonyl (C=O) groups is 2. The number of methoxy groups -OCH3 is 2. The molecular weight excluding hydrogens is 298 g/mol. The zero-order valence-corrected chi connectivity index (χ0v) is 13.0. The highest BCUT2D eigenvalue weighted by atomic mass is 16.5. The lowest BCUT2D eigenvalue weighted by molar-refractivity contribution is -0.254. The maximum atomic E-state index is 12.4. The molecule has 0 spiro atoms. The average Bonchev–Trinajstić information content (AvgIpc) is 2.55. The Kier molecular flexibility index (Phi) is 4.85. The Morgan fingerprint density at radius 3 is 2.13 bits per heavy atom. The summed E-state index contributed by atoms with van der Waals surface area (Å²) in [7, 11) is 2.95. The molecule has 0 saturated carbocycles. The van der Waals surface area contributed by atoms with E-state index in [1.54, 1.807) is 19.1 Å². The quantitative estimate of drug-likeness (QED) is 0.906. The zero-order chi connectivity index (χ0) is 17.0. The molecule has 1 amide bonds. The van der Waals surface area contributed by atoms with Gasteiger partial charge in [-0.25, -0.2) is 0 Å². The lowest BCUT2D eigenvalue weighted by Gasteiger charge is -2.13. The summed E-state index contributed by atoms with van der Waals surface area (Å²) < 4.78 is 10.2. The van der Waals surface area contributed by atoms with Crippen molar-refractivity contribution in [2.75, 3.05) is 19.5 Å². The number of amides is 1. The van der Waals surface area contributed by atoms with Crippen molar-refractivity contribution in [1.29, 1.82) is 0 Å². The molecule has 6 heteroatoms. The Hall–Kier alpha value is -3.02. The Morgan fingerprint density at radius 2 is 1.61 bits per heavy atom. The van der Waals surface area contributed by atoms with Crippen LogP contribution in [0.25, 0.3) is 0 Å². The minimum Gasteiger partial charge on any atom is -0.545 e. The van der Waals surface area contributed by atoms with Gasteiger partial charge in [-0.1, -0.05) is 11.6 Å². The Labute approximate surface area is 133 Å². The molecule has 120 valence electrons. The molecule has 0 aliphatic heterocycles. The van der Waals surface area contributed by atoms with Crippen LogP contribution < -0.4 is 19.9 Å². The first-order valence-corrected chi connectivity index (χ1v) is 6.81. The summed E-state index contributed by atoms with van der Waals surface area (Å²) in [6.07, 6.45) is 0. The van der Waals surface area contributed by atoms with Crippen LogP contribution in [0.3, 0.4) is 0 Å². The predicted molar refractivity (Wildman–Crippen MR) is 83.0 cm³/mol. The number of hydrogen-bond donors (Lipinski definition) is 1. The fourth-order valence-electron chi connectivity index (χ4n) is 2.07. The van der Waals surface area contributed by atoms with E-state index >= 15 is 0 Å². The molecule has 23 heavy (non-hydrogen) atoms. The van der Waals surface area contributed by atoms with Gasteiger partial charge in [0.15, 0.2) is 0 Å². The van der Waals surface area contributed by atoms with Crippen molar-refractivity contribution in [3.8, 4) is 11.5 Å². The summed E-state index contributed by atoms with van der Waals surface area (Å²) in [5, 5.41) is 13.8. The highest BCUT2D eigenvalue weighted by Gasteiger charge is 2.13. The molecule has 0 heterocycles. The standard InChI is InChI=1S/C17H17NO5/c1-10-4-5-15(14(6-10)17(20)21)18-16(19)11-7-12(22-2)9-13(8-11)23-3/h4-9H,1-3H3,(H,18,19)(H,20,21)/p-1. The van der Waals surface area contributed by atoms with Crippen molar-refractivity contribution in [2.24, 2.45) is 0 Å². The van der Waals surface area contributed by atoms with Gasteiger partial charge in [-0.2, -0.15) is 0 Å². The molecule has 2 aromatic rings. The molecule has 0 fully saturated rings. The van der Waals surface area contributed by atoms with Gasteiger partial charge in [0.1, 0.15) is 11.5 Å². The predicted octanol–water partition coefficient (Wildman–Crippen LogP) is 1.63. The summed E-state index contributed by atoms with van der Waals surface area (Å²) in [5.41, 5.74) is 1.13. The van der Waals surface area contributed by atoms with Gasteiger partial charge >= 0.3 is 0 Å². The van der Waals surface area contributed by atoms with E-state index in [9.17, 15) is 14.7 Å². The molecule has 0 aromatic heterocycles. The van der Waals surface area contributed by atoms with E-state index in [4.69, 9.17) is 9.47 Å². The second-order valence-electron chi connectivity index (χ2n) is 4.89. The van der Waals surface area contributed by atoms with Crippen LogP contribution in [0.2, 0.25) is 0 Å². The van der Waals surface area contributed by atoms with E-state index in [0.29, 0.717) is 11.5 Å². The molecule has 0 aliphatic carbocycles. The number of aromatic carboxylic acids is 1. The number of carboxylic acids is 1. The van der Waals surface area contributed by atoms with Gasteiger partial charge in [-0.3, -0.25) is 4.79 Å². The number of carbonyl (C=O) groups excluding carboxylic acids is 2. The molecule has 1 N–H and O–H groups in total. The molecule has 2 aromatic carbocycles. The van der Waals surface area contributed by atoms with Crippen LogP contribution in [0.4, 0.5) is 5.69 Å². The molecular formula is C17H16NO5-. The Balaban J connectivity index is 2.34. The van der Waals surface area contributed by atoms with Crippen LogP contribution in [0, 0.1) is 6.92 Å². The fraction of sp³-hybridized carbons (Fsp3) is 0.176. The third kappa shape index (κ3) is 3.79. The first kappa shape index (κ1) is 16.4. The van der Waals surface area contributed by atoms with Gasteiger partial charge in [0.25, 0.3) is 5.91 Å². The average molecular weight is 314 g/mol. The van der Waals surface area contributed by atoms with E-state index < -0.39 is 11.9 Å². The molecule has 0 atom stereocenters. The monoisotopic (exact) mass is 314 g/mol. The summed E-state index contributed by atoms with van der Waals surface area (Å²) in [4.78, 5) is 23.6. The fourth-order valence-corrected chi connectivity index (χ4v) is 2.07. The minimum atomic E-state index is -1.35. The van der Waals surface area contributed by atoms with E-state index in [0.717, 1.165) is 5.56 Å². The van der Waals surface area contributed by atoms with Gasteiger partial charge < -0.3 is 24.7 Å². The summed E-state index contributed by atoms with van der Waals surface area (Å²) in [6.45, 7) is 1.75. The van der Waals surface area contributed by atoms with Gasteiger partial charge in [0.05, 0.1) is 25.9 Å². The summed E-state index contributed by atoms with van der Waals surface area (Å²) in [6, 6.07) is 9.37. The molecule has 0 saturated heterocycles. The Bertz CT molecular complexity index is 732. The summed E-state index contributed by atoms with van der Waals surface area (Å²) in [5.74, 6) is -0.919. The second-order valence-corrected chi connectivity index (χ2v) is 4.89. The molecule has 0 bridgehead atoms. The topological polar surface area (TPSA) is 87.7 Å². The molecule has 2 rings (SSSR count). The highest BCUT2D eigenvalue weighted by molar-refractivity contribution is 6.07. The second kappa shape index (κ2) is 6.83. The third-order valence-electron chi connectivity index (χ3n) is 3.26. The smallest absolute Gasteiger partial charge is 0.255 e. The van der Waals surface area contributed by atoms with Crippen molar-refractivity contribution in [1.82, 2.24) is 0 Å². The largest absolute Gasteiger partial charge is 0.545 e. The number of nitrogens with one attached hydrogen (secondary N) is 1. The number of ether oxygens (including phenoxy) is 2. The molecule has 0 unspecified atom stereocenters. The van der Waals surface area contributed by atoms with E-state index in [-0.39, 0.29) is 16.8 Å². The van der Waals surface area contributed by atoms with Crippen LogP contribution in [-0.2, 0) is 0 Å². The maximum Gasteiger partial charge on any atom is 0.255 e. The van der Waals surface area contributed by atoms with Crippen LogP contribution >= 0.6 is 0 Å². The normalized spacial score (nSPS) is 10.0. The van der Waals surface area contributed by atoms with Crippen molar-refractivity contribution >= 4 is 17.6 Å². The van der Waals surface area contributed by atoms with Crippen molar-refractivity contribution < 1.29 is 24.2 Å². The van der Waals surface area contributed by atoms with Crippen LogP contribution in [-0.4, -0.2) is 26.1 Å². The maximum absolute atomic E-state index is 12.4.